The van der Waals surface area contributed by atoms with Crippen molar-refractivity contribution in [1.82, 2.24) is 4.31 Å². The monoisotopic (exact) mass is 300 g/mol. The van der Waals surface area contributed by atoms with Gasteiger partial charge in [0.05, 0.1) is 18.8 Å². The quantitative estimate of drug-likeness (QED) is 0.599. The molecular formula is C13H20N2O4S. The zero-order valence-electron chi connectivity index (χ0n) is 11.7. The standard InChI is InChI=1S/C13H20N2O4S/c1-3-19-13(16)7-8-15(2)20(17,18)10-11-5-4-6-12(14)9-11/h4-6,9H,3,7-8,10,14H2,1-2H3. The summed E-state index contributed by atoms with van der Waals surface area (Å²) in [7, 11) is -2.03. The Kier molecular flexibility index (Phi) is 5.97. The molecule has 0 bridgehead atoms. The van der Waals surface area contributed by atoms with Crippen LogP contribution in [0.5, 0.6) is 0 Å². The maximum atomic E-state index is 12.1. The average Bonchev–Trinajstić information content (AvgIpc) is 2.35. The van der Waals surface area contributed by atoms with E-state index < -0.39 is 16.0 Å². The van der Waals surface area contributed by atoms with Gasteiger partial charge in [-0.3, -0.25) is 4.79 Å². The number of hydrogen-bond acceptors (Lipinski definition) is 5. The molecule has 0 aliphatic rings. The van der Waals surface area contributed by atoms with Gasteiger partial charge < -0.3 is 10.5 Å². The molecule has 0 aromatic heterocycles. The molecule has 0 saturated heterocycles. The SMILES string of the molecule is CCOC(=O)CCN(C)S(=O)(=O)Cc1cccc(N)c1. The number of carbonyl (C=O) groups excluding carboxylic acids is 1. The van der Waals surface area contributed by atoms with E-state index in [1.807, 2.05) is 0 Å². The van der Waals surface area contributed by atoms with Crippen LogP contribution in [0.2, 0.25) is 0 Å². The van der Waals surface area contributed by atoms with E-state index in [1.54, 1.807) is 31.2 Å². The number of nitrogens with two attached hydrogens (primary N) is 1. The summed E-state index contributed by atoms with van der Waals surface area (Å²) in [5, 5.41) is 0. The lowest BCUT2D eigenvalue weighted by atomic mass is 10.2. The molecule has 0 aliphatic heterocycles. The van der Waals surface area contributed by atoms with Gasteiger partial charge in [0.2, 0.25) is 10.0 Å². The fourth-order valence-electron chi connectivity index (χ4n) is 1.62. The molecule has 20 heavy (non-hydrogen) atoms. The molecule has 0 fully saturated rings. The smallest absolute Gasteiger partial charge is 0.307 e. The number of rotatable bonds is 7. The molecule has 0 heterocycles. The van der Waals surface area contributed by atoms with Crippen LogP contribution in [0.1, 0.15) is 18.9 Å². The number of nitrogens with zero attached hydrogens (tertiary/aromatic N) is 1. The molecule has 2 N–H and O–H groups in total. The maximum Gasteiger partial charge on any atom is 0.307 e. The van der Waals surface area contributed by atoms with Gasteiger partial charge in [-0.2, -0.15) is 0 Å². The van der Waals surface area contributed by atoms with Crippen molar-refractivity contribution in [3.63, 3.8) is 0 Å². The number of ether oxygens (including phenoxy) is 1. The van der Waals surface area contributed by atoms with Crippen LogP contribution in [0.4, 0.5) is 5.69 Å². The molecule has 0 saturated carbocycles. The van der Waals surface area contributed by atoms with E-state index in [0.717, 1.165) is 4.31 Å². The van der Waals surface area contributed by atoms with Gasteiger partial charge in [-0.1, -0.05) is 12.1 Å². The van der Waals surface area contributed by atoms with Crippen LogP contribution < -0.4 is 5.73 Å². The van der Waals surface area contributed by atoms with Gasteiger partial charge in [0.1, 0.15) is 0 Å². The van der Waals surface area contributed by atoms with Gasteiger partial charge in [0, 0.05) is 19.3 Å². The normalized spacial score (nSPS) is 11.6. The Morgan fingerprint density at radius 2 is 2.10 bits per heavy atom. The second kappa shape index (κ2) is 7.25. The third-order valence-corrected chi connectivity index (χ3v) is 4.54. The highest BCUT2D eigenvalue weighted by atomic mass is 32.2. The maximum absolute atomic E-state index is 12.1. The number of hydrogen-bond donors (Lipinski definition) is 1. The second-order valence-electron chi connectivity index (χ2n) is 4.38. The second-order valence-corrected chi connectivity index (χ2v) is 6.45. The summed E-state index contributed by atoms with van der Waals surface area (Å²) in [4.78, 5) is 11.2. The summed E-state index contributed by atoms with van der Waals surface area (Å²) in [5.41, 5.74) is 6.75. The zero-order chi connectivity index (χ0) is 15.2. The molecule has 0 unspecified atom stereocenters. The van der Waals surface area contributed by atoms with Crippen molar-refractivity contribution in [2.75, 3.05) is 25.9 Å². The van der Waals surface area contributed by atoms with E-state index in [-0.39, 0.29) is 18.7 Å². The first kappa shape index (κ1) is 16.5. The highest BCUT2D eigenvalue weighted by molar-refractivity contribution is 7.88. The van der Waals surface area contributed by atoms with E-state index in [0.29, 0.717) is 17.9 Å². The summed E-state index contributed by atoms with van der Waals surface area (Å²) in [6.07, 6.45) is 0.0422. The summed E-state index contributed by atoms with van der Waals surface area (Å²) in [5.74, 6) is -0.546. The van der Waals surface area contributed by atoms with E-state index in [1.165, 1.54) is 7.05 Å². The van der Waals surface area contributed by atoms with Crippen molar-refractivity contribution in [3.8, 4) is 0 Å². The molecule has 0 atom stereocenters. The van der Waals surface area contributed by atoms with Crippen LogP contribution >= 0.6 is 0 Å². The third-order valence-electron chi connectivity index (χ3n) is 2.71. The van der Waals surface area contributed by atoms with Gasteiger partial charge in [0.15, 0.2) is 0 Å². The minimum Gasteiger partial charge on any atom is -0.466 e. The number of carbonyl (C=O) groups is 1. The first-order chi connectivity index (χ1) is 9.35. The Morgan fingerprint density at radius 3 is 2.70 bits per heavy atom. The largest absolute Gasteiger partial charge is 0.466 e. The number of esters is 1. The van der Waals surface area contributed by atoms with Crippen molar-refractivity contribution in [2.24, 2.45) is 0 Å². The summed E-state index contributed by atoms with van der Waals surface area (Å²) >= 11 is 0. The zero-order valence-corrected chi connectivity index (χ0v) is 12.5. The Bertz CT molecular complexity index is 557. The molecule has 1 rings (SSSR count). The van der Waals surface area contributed by atoms with E-state index in [9.17, 15) is 13.2 Å². The average molecular weight is 300 g/mol. The predicted octanol–water partition coefficient (Wildman–Crippen LogP) is 0.984. The summed E-state index contributed by atoms with van der Waals surface area (Å²) in [6, 6.07) is 6.73. The molecule has 7 heteroatoms. The van der Waals surface area contributed by atoms with Crippen molar-refractivity contribution < 1.29 is 17.9 Å². The number of anilines is 1. The van der Waals surface area contributed by atoms with E-state index >= 15 is 0 Å². The lowest BCUT2D eigenvalue weighted by molar-refractivity contribution is -0.143. The predicted molar refractivity (Wildman–Crippen MR) is 77.4 cm³/mol. The van der Waals surface area contributed by atoms with Crippen LogP contribution in [0.15, 0.2) is 24.3 Å². The first-order valence-electron chi connectivity index (χ1n) is 6.29. The number of sulfonamides is 1. The Labute approximate surface area is 119 Å². The van der Waals surface area contributed by atoms with Gasteiger partial charge in [-0.25, -0.2) is 12.7 Å². The fraction of sp³-hybridized carbons (Fsp3) is 0.462. The number of nitrogen functional groups attached to an aromatic ring is 1. The van der Waals surface area contributed by atoms with Crippen molar-refractivity contribution in [2.45, 2.75) is 19.1 Å². The van der Waals surface area contributed by atoms with Crippen LogP contribution in [-0.2, 0) is 25.3 Å². The van der Waals surface area contributed by atoms with E-state index in [4.69, 9.17) is 10.5 Å². The Balaban J connectivity index is 2.61. The van der Waals surface area contributed by atoms with Crippen molar-refractivity contribution >= 4 is 21.7 Å². The topological polar surface area (TPSA) is 89.7 Å². The van der Waals surface area contributed by atoms with Crippen LogP contribution in [0.3, 0.4) is 0 Å². The summed E-state index contributed by atoms with van der Waals surface area (Å²) in [6.45, 7) is 2.10. The van der Waals surface area contributed by atoms with E-state index in [2.05, 4.69) is 0 Å². The van der Waals surface area contributed by atoms with Crippen LogP contribution in [0, 0.1) is 0 Å². The molecule has 0 aliphatic carbocycles. The molecule has 0 amide bonds. The minimum atomic E-state index is -3.47. The highest BCUT2D eigenvalue weighted by Gasteiger charge is 2.19. The molecule has 1 aromatic carbocycles. The minimum absolute atomic E-state index is 0.0422. The van der Waals surface area contributed by atoms with Crippen molar-refractivity contribution in [3.05, 3.63) is 29.8 Å². The highest BCUT2D eigenvalue weighted by Crippen LogP contribution is 2.13. The molecular weight excluding hydrogens is 280 g/mol. The van der Waals surface area contributed by atoms with Gasteiger partial charge in [0.25, 0.3) is 0 Å². The van der Waals surface area contributed by atoms with Crippen LogP contribution in [0.25, 0.3) is 0 Å². The molecule has 0 radical (unpaired) electrons. The lowest BCUT2D eigenvalue weighted by Gasteiger charge is -2.16. The summed E-state index contributed by atoms with van der Waals surface area (Å²) < 4.78 is 30.2. The van der Waals surface area contributed by atoms with Crippen molar-refractivity contribution in [1.29, 1.82) is 0 Å². The van der Waals surface area contributed by atoms with Gasteiger partial charge >= 0.3 is 5.97 Å². The number of benzene rings is 1. The molecule has 112 valence electrons. The Hall–Kier alpha value is -1.60. The Morgan fingerprint density at radius 1 is 1.40 bits per heavy atom. The third kappa shape index (κ3) is 5.18. The fourth-order valence-corrected chi connectivity index (χ4v) is 2.82. The molecule has 6 nitrogen and oxygen atoms in total. The lowest BCUT2D eigenvalue weighted by Crippen LogP contribution is -2.30. The molecule has 0 spiro atoms. The van der Waals surface area contributed by atoms with Gasteiger partial charge in [-0.05, 0) is 24.6 Å². The van der Waals surface area contributed by atoms with Crippen LogP contribution in [-0.4, -0.2) is 38.9 Å². The first-order valence-corrected chi connectivity index (χ1v) is 7.90. The van der Waals surface area contributed by atoms with Gasteiger partial charge in [-0.15, -0.1) is 0 Å². The molecule has 1 aromatic rings.